The van der Waals surface area contributed by atoms with Crippen LogP contribution < -0.4 is 5.73 Å². The van der Waals surface area contributed by atoms with Gasteiger partial charge in [-0.2, -0.15) is 0 Å². The van der Waals surface area contributed by atoms with Gasteiger partial charge in [0.15, 0.2) is 0 Å². The van der Waals surface area contributed by atoms with Crippen LogP contribution >= 0.6 is 27.5 Å². The van der Waals surface area contributed by atoms with Gasteiger partial charge in [0.25, 0.3) is 0 Å². The SMILES string of the molecule is NC(Cc1ccc(F)cc1F)Cc1ccc(Br)cc1Cl. The van der Waals surface area contributed by atoms with Gasteiger partial charge in [0.1, 0.15) is 11.6 Å². The minimum absolute atomic E-state index is 0.284. The molecule has 0 radical (unpaired) electrons. The zero-order valence-electron chi connectivity index (χ0n) is 10.5. The highest BCUT2D eigenvalue weighted by Gasteiger charge is 2.12. The molecule has 20 heavy (non-hydrogen) atoms. The fourth-order valence-corrected chi connectivity index (χ4v) is 2.76. The molecule has 1 atom stereocenters. The molecule has 1 unspecified atom stereocenters. The summed E-state index contributed by atoms with van der Waals surface area (Å²) >= 11 is 9.45. The van der Waals surface area contributed by atoms with Crippen molar-refractivity contribution in [1.82, 2.24) is 0 Å². The van der Waals surface area contributed by atoms with E-state index in [2.05, 4.69) is 15.9 Å². The number of nitrogens with two attached hydrogens (primary N) is 1. The Bertz CT molecular complexity index is 565. The Morgan fingerprint density at radius 1 is 1.05 bits per heavy atom. The van der Waals surface area contributed by atoms with Gasteiger partial charge in [-0.05, 0) is 42.2 Å². The minimum atomic E-state index is -0.587. The molecule has 0 aliphatic carbocycles. The lowest BCUT2D eigenvalue weighted by atomic mass is 9.99. The molecule has 0 bridgehead atoms. The van der Waals surface area contributed by atoms with Gasteiger partial charge in [-0.15, -0.1) is 0 Å². The Hall–Kier alpha value is -0.970. The maximum atomic E-state index is 13.6. The number of halogens is 4. The highest BCUT2D eigenvalue weighted by molar-refractivity contribution is 9.10. The van der Waals surface area contributed by atoms with Gasteiger partial charge >= 0.3 is 0 Å². The summed E-state index contributed by atoms with van der Waals surface area (Å²) in [4.78, 5) is 0. The first-order valence-electron chi connectivity index (χ1n) is 6.09. The summed E-state index contributed by atoms with van der Waals surface area (Å²) in [6, 6.07) is 8.80. The summed E-state index contributed by atoms with van der Waals surface area (Å²) in [5.41, 5.74) is 7.34. The molecule has 0 aromatic heterocycles. The molecule has 0 saturated carbocycles. The number of hydrogen-bond acceptors (Lipinski definition) is 1. The maximum absolute atomic E-state index is 13.6. The lowest BCUT2D eigenvalue weighted by Crippen LogP contribution is -2.26. The molecule has 0 saturated heterocycles. The Morgan fingerprint density at radius 2 is 1.70 bits per heavy atom. The molecule has 1 nitrogen and oxygen atoms in total. The van der Waals surface area contributed by atoms with Crippen LogP contribution in [0.4, 0.5) is 8.78 Å². The molecule has 0 aliphatic heterocycles. The Labute approximate surface area is 129 Å². The second-order valence-electron chi connectivity index (χ2n) is 4.64. The zero-order valence-corrected chi connectivity index (χ0v) is 12.9. The van der Waals surface area contributed by atoms with Crippen LogP contribution in [0.2, 0.25) is 5.02 Å². The summed E-state index contributed by atoms with van der Waals surface area (Å²) < 4.78 is 27.3. The topological polar surface area (TPSA) is 26.0 Å². The lowest BCUT2D eigenvalue weighted by Gasteiger charge is -2.13. The van der Waals surface area contributed by atoms with E-state index in [0.29, 0.717) is 23.4 Å². The number of hydrogen-bond donors (Lipinski definition) is 1. The van der Waals surface area contributed by atoms with Crippen molar-refractivity contribution in [3.63, 3.8) is 0 Å². The number of benzene rings is 2. The third kappa shape index (κ3) is 4.01. The zero-order chi connectivity index (χ0) is 14.7. The highest BCUT2D eigenvalue weighted by Crippen LogP contribution is 2.23. The largest absolute Gasteiger partial charge is 0.327 e. The van der Waals surface area contributed by atoms with Crippen molar-refractivity contribution in [2.75, 3.05) is 0 Å². The van der Waals surface area contributed by atoms with E-state index in [0.717, 1.165) is 16.1 Å². The second kappa shape index (κ2) is 6.66. The average molecular weight is 361 g/mol. The van der Waals surface area contributed by atoms with Crippen LogP contribution in [0.3, 0.4) is 0 Å². The third-order valence-electron chi connectivity index (χ3n) is 2.99. The van der Waals surface area contributed by atoms with Crippen LogP contribution in [0.25, 0.3) is 0 Å². The summed E-state index contributed by atoms with van der Waals surface area (Å²) in [5, 5.41) is 0.620. The molecule has 5 heteroatoms. The molecular weight excluding hydrogens is 348 g/mol. The van der Waals surface area contributed by atoms with E-state index >= 15 is 0 Å². The summed E-state index contributed by atoms with van der Waals surface area (Å²) in [6.45, 7) is 0. The molecule has 2 N–H and O–H groups in total. The van der Waals surface area contributed by atoms with Gasteiger partial charge < -0.3 is 5.73 Å². The third-order valence-corrected chi connectivity index (χ3v) is 3.84. The molecule has 0 fully saturated rings. The second-order valence-corrected chi connectivity index (χ2v) is 5.96. The first-order valence-corrected chi connectivity index (χ1v) is 7.26. The van der Waals surface area contributed by atoms with Gasteiger partial charge in [0, 0.05) is 21.6 Å². The lowest BCUT2D eigenvalue weighted by molar-refractivity contribution is 0.558. The predicted octanol–water partition coefficient (Wildman–Crippen LogP) is 4.49. The fraction of sp³-hybridized carbons (Fsp3) is 0.200. The van der Waals surface area contributed by atoms with Gasteiger partial charge in [0.05, 0.1) is 0 Å². The van der Waals surface area contributed by atoms with E-state index in [1.807, 2.05) is 12.1 Å². The van der Waals surface area contributed by atoms with Crippen LogP contribution in [0.5, 0.6) is 0 Å². The van der Waals surface area contributed by atoms with Crippen LogP contribution in [-0.2, 0) is 12.8 Å². The molecule has 0 heterocycles. The molecule has 0 spiro atoms. The van der Waals surface area contributed by atoms with Crippen molar-refractivity contribution in [3.8, 4) is 0 Å². The van der Waals surface area contributed by atoms with Crippen LogP contribution in [0, 0.1) is 11.6 Å². The molecule has 2 rings (SSSR count). The summed E-state index contributed by atoms with van der Waals surface area (Å²) in [7, 11) is 0. The average Bonchev–Trinajstić information content (AvgIpc) is 2.36. The van der Waals surface area contributed by atoms with E-state index < -0.39 is 11.6 Å². The fourth-order valence-electron chi connectivity index (χ4n) is 2.01. The Morgan fingerprint density at radius 3 is 2.35 bits per heavy atom. The normalized spacial score (nSPS) is 12.4. The maximum Gasteiger partial charge on any atom is 0.129 e. The molecule has 0 amide bonds. The van der Waals surface area contributed by atoms with E-state index in [4.69, 9.17) is 17.3 Å². The van der Waals surface area contributed by atoms with Gasteiger partial charge in [-0.3, -0.25) is 0 Å². The van der Waals surface area contributed by atoms with Crippen LogP contribution in [0.15, 0.2) is 40.9 Å². The van der Waals surface area contributed by atoms with Crippen LogP contribution in [-0.4, -0.2) is 6.04 Å². The van der Waals surface area contributed by atoms with Crippen molar-refractivity contribution in [3.05, 3.63) is 68.7 Å². The standard InChI is InChI=1S/C15H13BrClF2N/c16-11-3-1-9(14(17)7-11)5-13(20)6-10-2-4-12(18)8-15(10)19/h1-4,7-8,13H,5-6,20H2. The van der Waals surface area contributed by atoms with E-state index in [1.54, 1.807) is 6.07 Å². The van der Waals surface area contributed by atoms with Crippen molar-refractivity contribution in [1.29, 1.82) is 0 Å². The van der Waals surface area contributed by atoms with Gasteiger partial charge in [-0.1, -0.05) is 39.7 Å². The quantitative estimate of drug-likeness (QED) is 0.854. The Balaban J connectivity index is 2.07. The van der Waals surface area contributed by atoms with Gasteiger partial charge in [0.2, 0.25) is 0 Å². The van der Waals surface area contributed by atoms with E-state index in [9.17, 15) is 8.78 Å². The van der Waals surface area contributed by atoms with E-state index in [-0.39, 0.29) is 6.04 Å². The first-order chi connectivity index (χ1) is 9.45. The molecular formula is C15H13BrClF2N. The highest BCUT2D eigenvalue weighted by atomic mass is 79.9. The molecule has 0 aliphatic rings. The van der Waals surface area contributed by atoms with Crippen LogP contribution in [0.1, 0.15) is 11.1 Å². The van der Waals surface area contributed by atoms with E-state index in [1.165, 1.54) is 12.1 Å². The van der Waals surface area contributed by atoms with Crippen molar-refractivity contribution < 1.29 is 8.78 Å². The summed E-state index contributed by atoms with van der Waals surface area (Å²) in [5.74, 6) is -1.15. The minimum Gasteiger partial charge on any atom is -0.327 e. The predicted molar refractivity (Wildman–Crippen MR) is 80.9 cm³/mol. The first kappa shape index (κ1) is 15.4. The van der Waals surface area contributed by atoms with Crippen molar-refractivity contribution in [2.45, 2.75) is 18.9 Å². The smallest absolute Gasteiger partial charge is 0.129 e. The van der Waals surface area contributed by atoms with Crippen molar-refractivity contribution in [2.24, 2.45) is 5.73 Å². The molecule has 106 valence electrons. The molecule has 2 aromatic carbocycles. The Kier molecular flexibility index (Phi) is 5.13. The molecule has 2 aromatic rings. The summed E-state index contributed by atoms with van der Waals surface area (Å²) in [6.07, 6.45) is 0.863. The monoisotopic (exact) mass is 359 g/mol. The van der Waals surface area contributed by atoms with Gasteiger partial charge in [-0.25, -0.2) is 8.78 Å². The van der Waals surface area contributed by atoms with Crippen molar-refractivity contribution >= 4 is 27.5 Å². The number of rotatable bonds is 4.